The minimum absolute atomic E-state index is 0.164. The molecule has 2 aromatic heterocycles. The first-order valence-corrected chi connectivity index (χ1v) is 14.3. The molecule has 0 fully saturated rings. The van der Waals surface area contributed by atoms with Gasteiger partial charge in [-0.1, -0.05) is 24.4 Å². The number of rotatable bonds is 8. The Morgan fingerprint density at radius 3 is 2.91 bits per heavy atom. The largest absolute Gasteiger partial charge is 0.447 e. The van der Waals surface area contributed by atoms with Gasteiger partial charge in [-0.15, -0.1) is 5.10 Å². The molecule has 0 aliphatic carbocycles. The van der Waals surface area contributed by atoms with E-state index in [0.29, 0.717) is 40.1 Å². The molecule has 1 aliphatic heterocycles. The van der Waals surface area contributed by atoms with E-state index >= 15 is 0 Å². The number of ether oxygens (including phenoxy) is 2. The number of nitrogens with one attached hydrogen (secondary N) is 4. The molecule has 3 heterocycles. The van der Waals surface area contributed by atoms with E-state index in [2.05, 4.69) is 36.5 Å². The van der Waals surface area contributed by atoms with Gasteiger partial charge in [0, 0.05) is 53.5 Å². The molecule has 2 aromatic carbocycles. The third-order valence-corrected chi connectivity index (χ3v) is 7.03. The third-order valence-electron chi connectivity index (χ3n) is 6.79. The Labute approximate surface area is 253 Å². The highest BCUT2D eigenvalue weighted by Crippen LogP contribution is 2.32. The highest BCUT2D eigenvalue weighted by Gasteiger charge is 2.20. The van der Waals surface area contributed by atoms with Crippen molar-refractivity contribution in [1.29, 1.82) is 0 Å². The zero-order valence-corrected chi connectivity index (χ0v) is 24.3. The zero-order valence-electron chi connectivity index (χ0n) is 23.5. The summed E-state index contributed by atoms with van der Waals surface area (Å²) in [6.45, 7) is 1.23. The second-order valence-corrected chi connectivity index (χ2v) is 10.2. The Morgan fingerprint density at radius 2 is 2.07 bits per heavy atom. The smallest absolute Gasteiger partial charge is 0.411 e. The molecule has 0 saturated carbocycles. The topological polar surface area (TPSA) is 161 Å². The number of imidazole rings is 1. The SMILES string of the molecule is COCCOC(=O)Nc1ccc2c(c1)NCCCCCC(NC(=O)C=Cc1cc(Cl)ccc1-n1cnnn1)c1nc-2c[nH]1. The average Bonchev–Trinajstić information content (AvgIpc) is 3.70. The maximum Gasteiger partial charge on any atom is 0.411 e. The van der Waals surface area contributed by atoms with Gasteiger partial charge in [-0.2, -0.15) is 4.68 Å². The molecule has 1 unspecified atom stereocenters. The van der Waals surface area contributed by atoms with Crippen LogP contribution in [0.5, 0.6) is 0 Å². The predicted octanol–water partition coefficient (Wildman–Crippen LogP) is 4.76. The molecule has 0 spiro atoms. The van der Waals surface area contributed by atoms with Crippen LogP contribution < -0.4 is 16.0 Å². The first kappa shape index (κ1) is 29.7. The van der Waals surface area contributed by atoms with E-state index in [1.54, 1.807) is 37.5 Å². The Kier molecular flexibility index (Phi) is 9.97. The number of anilines is 2. The van der Waals surface area contributed by atoms with Crippen LogP contribution in [0.15, 0.2) is 55.0 Å². The predicted molar refractivity (Wildman–Crippen MR) is 162 cm³/mol. The van der Waals surface area contributed by atoms with E-state index in [0.717, 1.165) is 43.5 Å². The lowest BCUT2D eigenvalue weighted by atomic mass is 10.1. The lowest BCUT2D eigenvalue weighted by molar-refractivity contribution is -0.117. The number of tetrazole rings is 1. The number of carbonyl (C=O) groups excluding carboxylic acids is 2. The van der Waals surface area contributed by atoms with Gasteiger partial charge in [0.15, 0.2) is 0 Å². The van der Waals surface area contributed by atoms with Gasteiger partial charge in [0.1, 0.15) is 18.8 Å². The standard InChI is InChI=1S/C29H32ClN9O4/c1-42-13-14-43-29(41)34-21-8-9-22-24(16-21)31-12-4-2-3-5-23(28-32-17-25(22)36-28)35-27(40)11-6-19-15-20(30)7-10-26(19)39-18-33-37-38-39/h6-11,15-18,23,31H,2-5,12-14H2,1H3,(H,32,36)(H,34,41)(H,35,40). The van der Waals surface area contributed by atoms with E-state index in [4.69, 9.17) is 26.1 Å². The van der Waals surface area contributed by atoms with E-state index in [1.165, 1.54) is 17.1 Å². The van der Waals surface area contributed by atoms with Crippen molar-refractivity contribution < 1.29 is 19.1 Å². The van der Waals surface area contributed by atoms with Crippen LogP contribution in [0.4, 0.5) is 16.2 Å². The van der Waals surface area contributed by atoms with Gasteiger partial charge in [0.05, 0.1) is 24.0 Å². The molecule has 1 atom stereocenters. The third kappa shape index (κ3) is 7.96. The number of hydrogen-bond donors (Lipinski definition) is 4. The highest BCUT2D eigenvalue weighted by molar-refractivity contribution is 6.30. The van der Waals surface area contributed by atoms with Gasteiger partial charge in [-0.05, 0) is 65.7 Å². The Bertz CT molecular complexity index is 1570. The zero-order chi connectivity index (χ0) is 30.0. The summed E-state index contributed by atoms with van der Waals surface area (Å²) < 4.78 is 11.5. The number of H-pyrrole nitrogens is 1. The Balaban J connectivity index is 1.32. The quantitative estimate of drug-likeness (QED) is 0.164. The Hall–Kier alpha value is -4.75. The summed E-state index contributed by atoms with van der Waals surface area (Å²) in [5.74, 6) is 0.386. The van der Waals surface area contributed by atoms with Crippen molar-refractivity contribution in [3.05, 3.63) is 71.4 Å². The van der Waals surface area contributed by atoms with Crippen molar-refractivity contribution in [3.8, 4) is 16.9 Å². The van der Waals surface area contributed by atoms with Crippen molar-refractivity contribution >= 4 is 41.1 Å². The lowest BCUT2D eigenvalue weighted by Gasteiger charge is -2.17. The van der Waals surface area contributed by atoms with Crippen LogP contribution in [0.25, 0.3) is 23.0 Å². The summed E-state index contributed by atoms with van der Waals surface area (Å²) in [4.78, 5) is 33.3. The first-order chi connectivity index (χ1) is 21.0. The number of benzene rings is 2. The summed E-state index contributed by atoms with van der Waals surface area (Å²) in [5.41, 5.74) is 4.38. The minimum atomic E-state index is -0.554. The van der Waals surface area contributed by atoms with Gasteiger partial charge in [0.25, 0.3) is 0 Å². The molecule has 0 saturated heterocycles. The molecule has 4 N–H and O–H groups in total. The normalized spacial score (nSPS) is 15.1. The number of halogens is 1. The van der Waals surface area contributed by atoms with Crippen molar-refractivity contribution in [3.63, 3.8) is 0 Å². The van der Waals surface area contributed by atoms with Gasteiger partial charge < -0.3 is 25.1 Å². The van der Waals surface area contributed by atoms with Gasteiger partial charge in [-0.3, -0.25) is 10.1 Å². The fourth-order valence-corrected chi connectivity index (χ4v) is 4.87. The molecule has 43 heavy (non-hydrogen) atoms. The van der Waals surface area contributed by atoms with Crippen LogP contribution in [0.1, 0.15) is 43.1 Å². The van der Waals surface area contributed by atoms with E-state index in [1.807, 2.05) is 18.3 Å². The highest BCUT2D eigenvalue weighted by atomic mass is 35.5. The van der Waals surface area contributed by atoms with Crippen LogP contribution in [0.2, 0.25) is 5.02 Å². The number of aromatic nitrogens is 6. The molecule has 224 valence electrons. The first-order valence-electron chi connectivity index (χ1n) is 13.9. The van der Waals surface area contributed by atoms with Crippen LogP contribution >= 0.6 is 11.6 Å². The number of methoxy groups -OCH3 is 1. The van der Waals surface area contributed by atoms with E-state index in [9.17, 15) is 9.59 Å². The van der Waals surface area contributed by atoms with Gasteiger partial charge in [-0.25, -0.2) is 9.78 Å². The van der Waals surface area contributed by atoms with Crippen molar-refractivity contribution in [1.82, 2.24) is 35.5 Å². The van der Waals surface area contributed by atoms with E-state index < -0.39 is 6.09 Å². The molecule has 2 bridgehead atoms. The molecule has 2 amide bonds. The average molecular weight is 606 g/mol. The number of aromatic amines is 1. The second kappa shape index (κ2) is 14.4. The van der Waals surface area contributed by atoms with Crippen LogP contribution in [0.3, 0.4) is 0 Å². The summed E-state index contributed by atoms with van der Waals surface area (Å²) in [6, 6.07) is 10.5. The van der Waals surface area contributed by atoms with Crippen LogP contribution in [-0.4, -0.2) is 69.0 Å². The Morgan fingerprint density at radius 1 is 1.16 bits per heavy atom. The molecule has 1 aliphatic rings. The summed E-state index contributed by atoms with van der Waals surface area (Å²) in [5, 5.41) is 21.1. The number of hydrogen-bond acceptors (Lipinski definition) is 9. The molecule has 4 aromatic rings. The summed E-state index contributed by atoms with van der Waals surface area (Å²) in [6.07, 6.45) is 9.40. The number of amides is 2. The fourth-order valence-electron chi connectivity index (χ4n) is 4.69. The van der Waals surface area contributed by atoms with Crippen molar-refractivity contribution in [2.75, 3.05) is 37.5 Å². The number of fused-ring (bicyclic) bond motifs is 4. The lowest BCUT2D eigenvalue weighted by Crippen LogP contribution is -2.27. The minimum Gasteiger partial charge on any atom is -0.447 e. The van der Waals surface area contributed by atoms with Crippen LogP contribution in [-0.2, 0) is 14.3 Å². The molecular weight excluding hydrogens is 574 g/mol. The van der Waals surface area contributed by atoms with Crippen molar-refractivity contribution in [2.45, 2.75) is 31.7 Å². The van der Waals surface area contributed by atoms with Crippen LogP contribution in [0, 0.1) is 0 Å². The van der Waals surface area contributed by atoms with E-state index in [-0.39, 0.29) is 18.6 Å². The molecular formula is C29H32ClN9O4. The molecule has 5 rings (SSSR count). The summed E-state index contributed by atoms with van der Waals surface area (Å²) >= 11 is 6.21. The van der Waals surface area contributed by atoms with Crippen molar-refractivity contribution in [2.24, 2.45) is 0 Å². The van der Waals surface area contributed by atoms with Gasteiger partial charge >= 0.3 is 6.09 Å². The number of nitrogens with zero attached hydrogens (tertiary/aromatic N) is 5. The molecule has 13 nitrogen and oxygen atoms in total. The fraction of sp³-hybridized carbons (Fsp3) is 0.310. The maximum atomic E-state index is 13.1. The number of carbonyl (C=O) groups is 2. The monoisotopic (exact) mass is 605 g/mol. The summed E-state index contributed by atoms with van der Waals surface area (Å²) in [7, 11) is 1.54. The maximum absolute atomic E-state index is 13.1. The van der Waals surface area contributed by atoms with Gasteiger partial charge in [0.2, 0.25) is 5.91 Å². The molecule has 14 heteroatoms. The molecule has 0 radical (unpaired) electrons. The second-order valence-electron chi connectivity index (χ2n) is 9.81.